The van der Waals surface area contributed by atoms with Gasteiger partial charge in [-0.1, -0.05) is 12.1 Å². The first kappa shape index (κ1) is 13.9. The number of fused-ring (bicyclic) bond motifs is 1. The van der Waals surface area contributed by atoms with E-state index in [2.05, 4.69) is 4.90 Å². The minimum absolute atomic E-state index is 0.00560. The van der Waals surface area contributed by atoms with Crippen LogP contribution in [-0.4, -0.2) is 49.3 Å². The zero-order valence-corrected chi connectivity index (χ0v) is 12.5. The average Bonchev–Trinajstić information content (AvgIpc) is 2.85. The molecule has 0 saturated carbocycles. The van der Waals surface area contributed by atoms with Crippen LogP contribution in [0.5, 0.6) is 0 Å². The number of hydrogen-bond acceptors (Lipinski definition) is 4. The monoisotopic (exact) mass is 295 g/mol. The third-order valence-corrected chi connectivity index (χ3v) is 6.44. The van der Waals surface area contributed by atoms with Crippen molar-refractivity contribution < 1.29 is 8.42 Å². The summed E-state index contributed by atoms with van der Waals surface area (Å²) in [5.41, 5.74) is 6.18. The third-order valence-electron chi connectivity index (χ3n) is 4.39. The smallest absolute Gasteiger partial charge is 0.245 e. The lowest BCUT2D eigenvalue weighted by atomic mass is 10.1. The lowest BCUT2D eigenvalue weighted by molar-refractivity contribution is 0.117. The average molecular weight is 295 g/mol. The van der Waals surface area contributed by atoms with Crippen LogP contribution in [-0.2, 0) is 10.0 Å². The van der Waals surface area contributed by atoms with Crippen LogP contribution in [0.3, 0.4) is 0 Å². The van der Waals surface area contributed by atoms with E-state index < -0.39 is 10.0 Å². The van der Waals surface area contributed by atoms with Crippen molar-refractivity contribution in [2.75, 3.05) is 25.4 Å². The van der Waals surface area contributed by atoms with Crippen LogP contribution >= 0.6 is 0 Å². The molecule has 2 aliphatic rings. The summed E-state index contributed by atoms with van der Waals surface area (Å²) in [5, 5.41) is 0. The summed E-state index contributed by atoms with van der Waals surface area (Å²) in [4.78, 5) is 2.64. The van der Waals surface area contributed by atoms with Crippen LogP contribution in [0.2, 0.25) is 0 Å². The number of benzene rings is 1. The molecule has 0 radical (unpaired) electrons. The van der Waals surface area contributed by atoms with Gasteiger partial charge in [-0.25, -0.2) is 8.42 Å². The lowest BCUT2D eigenvalue weighted by Gasteiger charge is -2.41. The topological polar surface area (TPSA) is 66.6 Å². The summed E-state index contributed by atoms with van der Waals surface area (Å²) in [5.74, 6) is 0. The van der Waals surface area contributed by atoms with Crippen molar-refractivity contribution in [3.8, 4) is 0 Å². The quantitative estimate of drug-likeness (QED) is 0.831. The van der Waals surface area contributed by atoms with Gasteiger partial charge in [0.25, 0.3) is 0 Å². The minimum Gasteiger partial charge on any atom is -0.398 e. The first-order valence-corrected chi connectivity index (χ1v) is 8.54. The number of nitrogens with two attached hydrogens (primary N) is 1. The zero-order valence-electron chi connectivity index (χ0n) is 11.7. The Morgan fingerprint density at radius 3 is 2.75 bits per heavy atom. The van der Waals surface area contributed by atoms with Gasteiger partial charge in [0.15, 0.2) is 0 Å². The van der Waals surface area contributed by atoms with Crippen LogP contribution in [0, 0.1) is 0 Å². The Bertz CT molecular complexity index is 602. The molecule has 2 saturated heterocycles. The van der Waals surface area contributed by atoms with Gasteiger partial charge in [0.05, 0.1) is 5.69 Å². The second kappa shape index (κ2) is 5.02. The van der Waals surface area contributed by atoms with Gasteiger partial charge in [-0.05, 0) is 38.4 Å². The molecular formula is C14H21N3O2S. The number of hydrogen-bond donors (Lipinski definition) is 1. The van der Waals surface area contributed by atoms with Gasteiger partial charge in [-0.15, -0.1) is 0 Å². The Balaban J connectivity index is 1.93. The number of sulfonamides is 1. The van der Waals surface area contributed by atoms with E-state index in [9.17, 15) is 8.42 Å². The van der Waals surface area contributed by atoms with E-state index in [1.807, 2.05) is 6.92 Å². The van der Waals surface area contributed by atoms with Crippen molar-refractivity contribution in [2.45, 2.75) is 36.7 Å². The molecule has 0 spiro atoms. The molecule has 2 fully saturated rings. The van der Waals surface area contributed by atoms with Crippen LogP contribution in [0.4, 0.5) is 5.69 Å². The van der Waals surface area contributed by atoms with E-state index in [0.29, 0.717) is 18.3 Å². The molecule has 20 heavy (non-hydrogen) atoms. The first-order chi connectivity index (χ1) is 9.50. The lowest BCUT2D eigenvalue weighted by Crippen LogP contribution is -2.56. The molecule has 2 atom stereocenters. The van der Waals surface area contributed by atoms with Gasteiger partial charge in [0.1, 0.15) is 4.90 Å². The molecule has 2 N–H and O–H groups in total. The summed E-state index contributed by atoms with van der Waals surface area (Å²) < 4.78 is 27.3. The third kappa shape index (κ3) is 2.21. The Kier molecular flexibility index (Phi) is 3.48. The Labute approximate surface area is 120 Å². The maximum atomic E-state index is 12.8. The van der Waals surface area contributed by atoms with E-state index >= 15 is 0 Å². The molecule has 6 heteroatoms. The van der Waals surface area contributed by atoms with Crippen molar-refractivity contribution in [2.24, 2.45) is 0 Å². The van der Waals surface area contributed by atoms with Gasteiger partial charge >= 0.3 is 0 Å². The normalized spacial score (nSPS) is 28.4. The van der Waals surface area contributed by atoms with Gasteiger partial charge in [0, 0.05) is 25.2 Å². The summed E-state index contributed by atoms with van der Waals surface area (Å²) in [6.45, 7) is 4.47. The van der Waals surface area contributed by atoms with Gasteiger partial charge in [-0.3, -0.25) is 4.90 Å². The summed E-state index contributed by atoms with van der Waals surface area (Å²) in [6, 6.07) is 7.08. The summed E-state index contributed by atoms with van der Waals surface area (Å²) in [7, 11) is -3.50. The van der Waals surface area contributed by atoms with E-state index in [-0.39, 0.29) is 10.9 Å². The number of piperazine rings is 1. The van der Waals surface area contributed by atoms with Gasteiger partial charge < -0.3 is 5.73 Å². The Morgan fingerprint density at radius 2 is 2.00 bits per heavy atom. The van der Waals surface area contributed by atoms with Crippen molar-refractivity contribution in [3.63, 3.8) is 0 Å². The van der Waals surface area contributed by atoms with Crippen molar-refractivity contribution >= 4 is 15.7 Å². The summed E-state index contributed by atoms with van der Waals surface area (Å²) >= 11 is 0. The van der Waals surface area contributed by atoms with Gasteiger partial charge in [0.2, 0.25) is 10.0 Å². The molecule has 0 aliphatic carbocycles. The second-order valence-corrected chi connectivity index (χ2v) is 7.61. The standard InChI is InChI=1S/C14H21N3O2S/c1-11-9-16-8-4-5-12(16)10-17(11)20(18,19)14-7-3-2-6-13(14)15/h2-3,6-7,11-12H,4-5,8-10,15H2,1H3. The number of nitrogen functional groups attached to an aromatic ring is 1. The fraction of sp³-hybridized carbons (Fsp3) is 0.571. The SMILES string of the molecule is CC1CN2CCCC2CN1S(=O)(=O)c1ccccc1N. The highest BCUT2D eigenvalue weighted by atomic mass is 32.2. The number of nitrogens with zero attached hydrogens (tertiary/aromatic N) is 2. The maximum absolute atomic E-state index is 12.8. The van der Waals surface area contributed by atoms with Crippen molar-refractivity contribution in [3.05, 3.63) is 24.3 Å². The molecule has 1 aromatic carbocycles. The molecule has 2 unspecified atom stereocenters. The predicted molar refractivity (Wildman–Crippen MR) is 78.8 cm³/mol. The molecular weight excluding hydrogens is 274 g/mol. The number of anilines is 1. The van der Waals surface area contributed by atoms with Crippen LogP contribution in [0.15, 0.2) is 29.2 Å². The predicted octanol–water partition coefficient (Wildman–Crippen LogP) is 1.13. The second-order valence-electron chi connectivity index (χ2n) is 5.75. The van der Waals surface area contributed by atoms with E-state index in [1.165, 1.54) is 6.42 Å². The Morgan fingerprint density at radius 1 is 1.25 bits per heavy atom. The molecule has 5 nitrogen and oxygen atoms in total. The summed E-state index contributed by atoms with van der Waals surface area (Å²) in [6.07, 6.45) is 2.25. The zero-order chi connectivity index (χ0) is 14.3. The van der Waals surface area contributed by atoms with Crippen molar-refractivity contribution in [1.82, 2.24) is 9.21 Å². The van der Waals surface area contributed by atoms with Crippen LogP contribution in [0.25, 0.3) is 0 Å². The number of rotatable bonds is 2. The first-order valence-electron chi connectivity index (χ1n) is 7.10. The molecule has 1 aromatic rings. The van der Waals surface area contributed by atoms with Crippen molar-refractivity contribution in [1.29, 1.82) is 0 Å². The molecule has 110 valence electrons. The number of para-hydroxylation sites is 1. The molecule has 0 bridgehead atoms. The molecule has 0 aromatic heterocycles. The van der Waals surface area contributed by atoms with E-state index in [4.69, 9.17) is 5.73 Å². The molecule has 2 heterocycles. The van der Waals surface area contributed by atoms with Gasteiger partial charge in [-0.2, -0.15) is 4.31 Å². The highest BCUT2D eigenvalue weighted by Crippen LogP contribution is 2.30. The van der Waals surface area contributed by atoms with Crippen LogP contribution in [0.1, 0.15) is 19.8 Å². The molecule has 3 rings (SSSR count). The largest absolute Gasteiger partial charge is 0.398 e. The van der Waals surface area contributed by atoms with E-state index in [1.54, 1.807) is 28.6 Å². The van der Waals surface area contributed by atoms with E-state index in [0.717, 1.165) is 19.5 Å². The maximum Gasteiger partial charge on any atom is 0.245 e. The minimum atomic E-state index is -3.50. The highest BCUT2D eigenvalue weighted by molar-refractivity contribution is 7.89. The van der Waals surface area contributed by atoms with Crippen LogP contribution < -0.4 is 5.73 Å². The Hall–Kier alpha value is -1.11. The molecule has 2 aliphatic heterocycles. The molecule has 0 amide bonds. The highest BCUT2D eigenvalue weighted by Gasteiger charge is 2.40. The fourth-order valence-electron chi connectivity index (χ4n) is 3.34. The fourth-order valence-corrected chi connectivity index (χ4v) is 5.12.